The average Bonchev–Trinajstić information content (AvgIpc) is 2.03. The molecule has 0 saturated carbocycles. The number of hydrogen-bond donors (Lipinski definition) is 0. The molecule has 0 saturated heterocycles. The summed E-state index contributed by atoms with van der Waals surface area (Å²) in [6.45, 7) is 1.20. The van der Waals surface area contributed by atoms with E-state index in [1.54, 1.807) is 0 Å². The van der Waals surface area contributed by atoms with Gasteiger partial charge in [-0.15, -0.1) is 0 Å². The highest BCUT2D eigenvalue weighted by atomic mass is 19.3. The first-order chi connectivity index (χ1) is 6.00. The van der Waals surface area contributed by atoms with Crippen LogP contribution in [0.1, 0.15) is 29.3 Å². The number of carbonyl (C=O) groups is 1. The summed E-state index contributed by atoms with van der Waals surface area (Å²) in [5, 5.41) is 0. The molecular formula is C9H7F3O. The fourth-order valence-corrected chi connectivity index (χ4v) is 0.942. The molecule has 0 spiro atoms. The van der Waals surface area contributed by atoms with E-state index >= 15 is 0 Å². The molecule has 0 heterocycles. The Morgan fingerprint density at radius 1 is 1.31 bits per heavy atom. The second-order valence-corrected chi connectivity index (χ2v) is 2.63. The number of alkyl halides is 2. The van der Waals surface area contributed by atoms with Gasteiger partial charge >= 0.3 is 0 Å². The first-order valence-corrected chi connectivity index (χ1v) is 3.60. The lowest BCUT2D eigenvalue weighted by molar-refractivity contribution is 0.101. The van der Waals surface area contributed by atoms with Crippen molar-refractivity contribution >= 4 is 5.78 Å². The van der Waals surface area contributed by atoms with Crippen LogP contribution in [0.4, 0.5) is 13.2 Å². The quantitative estimate of drug-likeness (QED) is 0.652. The SMILES string of the molecule is CC(=O)c1cc(F)cc(C(F)F)c1. The third kappa shape index (κ3) is 2.31. The Morgan fingerprint density at radius 2 is 1.92 bits per heavy atom. The highest BCUT2D eigenvalue weighted by Gasteiger charge is 2.11. The van der Waals surface area contributed by atoms with Gasteiger partial charge in [0.2, 0.25) is 0 Å². The van der Waals surface area contributed by atoms with Crippen molar-refractivity contribution in [2.75, 3.05) is 0 Å². The molecule has 0 aliphatic carbocycles. The lowest BCUT2D eigenvalue weighted by Gasteiger charge is -2.02. The molecule has 0 aliphatic heterocycles. The van der Waals surface area contributed by atoms with Gasteiger partial charge in [-0.25, -0.2) is 13.2 Å². The van der Waals surface area contributed by atoms with Gasteiger partial charge in [-0.05, 0) is 25.1 Å². The zero-order chi connectivity index (χ0) is 10.0. The van der Waals surface area contributed by atoms with Gasteiger partial charge in [-0.1, -0.05) is 0 Å². The fourth-order valence-electron chi connectivity index (χ4n) is 0.942. The Bertz CT molecular complexity index is 334. The minimum Gasteiger partial charge on any atom is -0.295 e. The lowest BCUT2D eigenvalue weighted by Crippen LogP contribution is -1.96. The zero-order valence-corrected chi connectivity index (χ0v) is 6.85. The Hall–Kier alpha value is -1.32. The van der Waals surface area contributed by atoms with Crippen LogP contribution in [0.15, 0.2) is 18.2 Å². The van der Waals surface area contributed by atoms with E-state index in [0.717, 1.165) is 18.2 Å². The van der Waals surface area contributed by atoms with Crippen LogP contribution in [-0.4, -0.2) is 5.78 Å². The predicted molar refractivity (Wildman–Crippen MR) is 41.4 cm³/mol. The van der Waals surface area contributed by atoms with Crippen LogP contribution in [0.3, 0.4) is 0 Å². The molecule has 0 aromatic heterocycles. The summed E-state index contributed by atoms with van der Waals surface area (Å²) in [5.74, 6) is -1.25. The van der Waals surface area contributed by atoms with Gasteiger partial charge in [0.1, 0.15) is 5.82 Å². The summed E-state index contributed by atoms with van der Waals surface area (Å²) >= 11 is 0. The monoisotopic (exact) mass is 188 g/mol. The van der Waals surface area contributed by atoms with Crippen molar-refractivity contribution in [3.63, 3.8) is 0 Å². The van der Waals surface area contributed by atoms with Crippen LogP contribution in [-0.2, 0) is 0 Å². The second kappa shape index (κ2) is 3.60. The maximum atomic E-state index is 12.7. The molecule has 0 fully saturated rings. The van der Waals surface area contributed by atoms with Crippen LogP contribution in [0, 0.1) is 5.82 Å². The highest BCUT2D eigenvalue weighted by molar-refractivity contribution is 5.94. The van der Waals surface area contributed by atoms with Crippen LogP contribution < -0.4 is 0 Å². The van der Waals surface area contributed by atoms with Gasteiger partial charge in [-0.2, -0.15) is 0 Å². The first kappa shape index (κ1) is 9.77. The van der Waals surface area contributed by atoms with Crippen molar-refractivity contribution in [2.24, 2.45) is 0 Å². The molecule has 0 bridgehead atoms. The zero-order valence-electron chi connectivity index (χ0n) is 6.85. The van der Waals surface area contributed by atoms with Gasteiger partial charge < -0.3 is 0 Å². The van der Waals surface area contributed by atoms with Crippen molar-refractivity contribution in [1.29, 1.82) is 0 Å². The lowest BCUT2D eigenvalue weighted by atomic mass is 10.1. The van der Waals surface area contributed by atoms with Crippen molar-refractivity contribution in [3.05, 3.63) is 35.1 Å². The van der Waals surface area contributed by atoms with E-state index in [9.17, 15) is 18.0 Å². The predicted octanol–water partition coefficient (Wildman–Crippen LogP) is 2.97. The number of hydrogen-bond acceptors (Lipinski definition) is 1. The molecule has 0 amide bonds. The van der Waals surface area contributed by atoms with E-state index in [4.69, 9.17) is 0 Å². The maximum Gasteiger partial charge on any atom is 0.263 e. The van der Waals surface area contributed by atoms with E-state index in [-0.39, 0.29) is 5.56 Å². The molecular weight excluding hydrogens is 181 g/mol. The minimum absolute atomic E-state index is 0.0321. The van der Waals surface area contributed by atoms with Crippen LogP contribution in [0.5, 0.6) is 0 Å². The number of Topliss-reactive ketones (excluding diaryl/α,β-unsaturated/α-hetero) is 1. The summed E-state index contributed by atoms with van der Waals surface area (Å²) < 4.78 is 36.9. The Balaban J connectivity index is 3.19. The van der Waals surface area contributed by atoms with Crippen molar-refractivity contribution in [3.8, 4) is 0 Å². The number of carbonyl (C=O) groups excluding carboxylic acids is 1. The van der Waals surface area contributed by atoms with Crippen molar-refractivity contribution in [2.45, 2.75) is 13.3 Å². The Kier molecular flexibility index (Phi) is 2.70. The number of rotatable bonds is 2. The largest absolute Gasteiger partial charge is 0.295 e. The number of halogens is 3. The molecule has 1 aromatic rings. The Morgan fingerprint density at radius 3 is 2.38 bits per heavy atom. The summed E-state index contributed by atoms with van der Waals surface area (Å²) in [5.41, 5.74) is -0.500. The van der Waals surface area contributed by atoms with Crippen LogP contribution >= 0.6 is 0 Å². The smallest absolute Gasteiger partial charge is 0.263 e. The molecule has 0 N–H and O–H groups in total. The van der Waals surface area contributed by atoms with Crippen LogP contribution in [0.25, 0.3) is 0 Å². The molecule has 1 rings (SSSR count). The maximum absolute atomic E-state index is 12.7. The minimum atomic E-state index is -2.76. The van der Waals surface area contributed by atoms with Gasteiger partial charge in [0.15, 0.2) is 5.78 Å². The number of ketones is 1. The molecule has 13 heavy (non-hydrogen) atoms. The molecule has 0 radical (unpaired) electrons. The van der Waals surface area contributed by atoms with Gasteiger partial charge in [0, 0.05) is 11.1 Å². The Labute approximate surface area is 73.2 Å². The van der Waals surface area contributed by atoms with E-state index in [2.05, 4.69) is 0 Å². The van der Waals surface area contributed by atoms with Crippen molar-refractivity contribution in [1.82, 2.24) is 0 Å². The third-order valence-corrected chi connectivity index (χ3v) is 1.58. The molecule has 1 nitrogen and oxygen atoms in total. The normalized spacial score (nSPS) is 10.5. The van der Waals surface area contributed by atoms with Gasteiger partial charge in [0.05, 0.1) is 0 Å². The molecule has 0 atom stereocenters. The first-order valence-electron chi connectivity index (χ1n) is 3.60. The van der Waals surface area contributed by atoms with E-state index in [0.29, 0.717) is 0 Å². The van der Waals surface area contributed by atoms with E-state index in [1.807, 2.05) is 0 Å². The molecule has 1 aromatic carbocycles. The molecule has 0 aliphatic rings. The summed E-state index contributed by atoms with van der Waals surface area (Å²) in [7, 11) is 0. The molecule has 70 valence electrons. The molecule has 0 unspecified atom stereocenters. The standard InChI is InChI=1S/C9H7F3O/c1-5(13)6-2-7(9(11)12)4-8(10)3-6/h2-4,9H,1H3. The summed E-state index contributed by atoms with van der Waals surface area (Å²) in [4.78, 5) is 10.8. The fraction of sp³-hybridized carbons (Fsp3) is 0.222. The van der Waals surface area contributed by atoms with E-state index in [1.165, 1.54) is 6.92 Å². The van der Waals surface area contributed by atoms with Gasteiger partial charge in [-0.3, -0.25) is 4.79 Å². The van der Waals surface area contributed by atoms with Gasteiger partial charge in [0.25, 0.3) is 6.43 Å². The highest BCUT2D eigenvalue weighted by Crippen LogP contribution is 2.21. The number of benzene rings is 1. The second-order valence-electron chi connectivity index (χ2n) is 2.63. The average molecular weight is 188 g/mol. The topological polar surface area (TPSA) is 17.1 Å². The summed E-state index contributed by atoms with van der Waals surface area (Å²) in [6.07, 6.45) is -2.76. The van der Waals surface area contributed by atoms with Crippen LogP contribution in [0.2, 0.25) is 0 Å². The molecule has 4 heteroatoms. The van der Waals surface area contributed by atoms with Crippen molar-refractivity contribution < 1.29 is 18.0 Å². The third-order valence-electron chi connectivity index (χ3n) is 1.58. The van der Waals surface area contributed by atoms with E-state index < -0.39 is 23.6 Å². The summed E-state index contributed by atoms with van der Waals surface area (Å²) in [6, 6.07) is 2.65.